The average molecular weight is 283 g/mol. The van der Waals surface area contributed by atoms with Gasteiger partial charge in [-0.3, -0.25) is 9.88 Å². The molecule has 1 fully saturated rings. The van der Waals surface area contributed by atoms with Gasteiger partial charge in [0, 0.05) is 23.3 Å². The van der Waals surface area contributed by atoms with Crippen molar-refractivity contribution in [1.29, 1.82) is 0 Å². The molecule has 2 aromatic rings. The van der Waals surface area contributed by atoms with Crippen molar-refractivity contribution < 1.29 is 0 Å². The van der Waals surface area contributed by atoms with E-state index >= 15 is 0 Å². The zero-order valence-corrected chi connectivity index (χ0v) is 13.3. The lowest BCUT2D eigenvalue weighted by Crippen LogP contribution is -2.50. The summed E-state index contributed by atoms with van der Waals surface area (Å²) in [6.07, 6.45) is 6.50. The van der Waals surface area contributed by atoms with Crippen molar-refractivity contribution >= 4 is 10.8 Å². The second-order valence-corrected chi connectivity index (χ2v) is 6.51. The van der Waals surface area contributed by atoms with Gasteiger partial charge in [-0.1, -0.05) is 18.2 Å². The van der Waals surface area contributed by atoms with Crippen molar-refractivity contribution in [3.05, 3.63) is 42.2 Å². The lowest BCUT2D eigenvalue weighted by atomic mass is 9.85. The first kappa shape index (κ1) is 14.5. The van der Waals surface area contributed by atoms with E-state index in [4.69, 9.17) is 0 Å². The van der Waals surface area contributed by atoms with E-state index < -0.39 is 0 Å². The van der Waals surface area contributed by atoms with Crippen molar-refractivity contribution in [2.24, 2.45) is 0 Å². The molecule has 1 aromatic carbocycles. The number of likely N-dealkylation sites (N-methyl/N-ethyl adjacent to an activating group) is 1. The van der Waals surface area contributed by atoms with Crippen LogP contribution in [0.4, 0.5) is 0 Å². The van der Waals surface area contributed by atoms with Gasteiger partial charge < -0.3 is 5.32 Å². The molecule has 1 aliphatic rings. The summed E-state index contributed by atoms with van der Waals surface area (Å²) in [5.41, 5.74) is 1.44. The van der Waals surface area contributed by atoms with Crippen molar-refractivity contribution in [2.75, 3.05) is 20.1 Å². The Morgan fingerprint density at radius 3 is 2.67 bits per heavy atom. The molecule has 1 atom stereocenters. The Kier molecular flexibility index (Phi) is 3.96. The van der Waals surface area contributed by atoms with Crippen LogP contribution in [0.1, 0.15) is 38.3 Å². The predicted molar refractivity (Wildman–Crippen MR) is 88.4 cm³/mol. The van der Waals surface area contributed by atoms with E-state index in [0.717, 1.165) is 0 Å². The lowest BCUT2D eigenvalue weighted by Gasteiger charge is -2.42. The Morgan fingerprint density at radius 1 is 1.19 bits per heavy atom. The summed E-state index contributed by atoms with van der Waals surface area (Å²) >= 11 is 0. The lowest BCUT2D eigenvalue weighted by molar-refractivity contribution is 0.111. The molecular weight excluding hydrogens is 258 g/mol. The van der Waals surface area contributed by atoms with E-state index in [1.807, 2.05) is 12.4 Å². The molecule has 1 N–H and O–H groups in total. The zero-order valence-electron chi connectivity index (χ0n) is 13.3. The summed E-state index contributed by atoms with van der Waals surface area (Å²) in [5, 5.41) is 6.08. The number of fused-ring (bicyclic) bond motifs is 1. The molecule has 1 aliphatic heterocycles. The van der Waals surface area contributed by atoms with Gasteiger partial charge in [0.05, 0.1) is 6.04 Å². The second-order valence-electron chi connectivity index (χ2n) is 6.51. The molecule has 2 heterocycles. The van der Waals surface area contributed by atoms with Gasteiger partial charge in [-0.15, -0.1) is 0 Å². The van der Waals surface area contributed by atoms with Crippen LogP contribution in [0.2, 0.25) is 0 Å². The quantitative estimate of drug-likeness (QED) is 0.932. The molecule has 112 valence electrons. The first-order valence-electron chi connectivity index (χ1n) is 7.89. The summed E-state index contributed by atoms with van der Waals surface area (Å²) in [5.74, 6) is 0. The largest absolute Gasteiger partial charge is 0.311 e. The van der Waals surface area contributed by atoms with Gasteiger partial charge in [-0.05, 0) is 63.8 Å². The highest BCUT2D eigenvalue weighted by molar-refractivity contribution is 5.85. The molecule has 0 spiro atoms. The van der Waals surface area contributed by atoms with Crippen molar-refractivity contribution in [3.8, 4) is 0 Å². The maximum atomic E-state index is 4.33. The Morgan fingerprint density at radius 2 is 1.95 bits per heavy atom. The van der Waals surface area contributed by atoms with Gasteiger partial charge in [0.25, 0.3) is 0 Å². The van der Waals surface area contributed by atoms with E-state index in [2.05, 4.69) is 60.4 Å². The maximum absolute atomic E-state index is 4.33. The van der Waals surface area contributed by atoms with Gasteiger partial charge in [0.2, 0.25) is 0 Å². The maximum Gasteiger partial charge on any atom is 0.0506 e. The molecule has 3 rings (SSSR count). The van der Waals surface area contributed by atoms with Crippen LogP contribution in [-0.2, 0) is 0 Å². The van der Waals surface area contributed by atoms with E-state index in [1.54, 1.807) is 0 Å². The van der Waals surface area contributed by atoms with Crippen LogP contribution in [0.5, 0.6) is 0 Å². The summed E-state index contributed by atoms with van der Waals surface area (Å²) < 4.78 is 0. The summed E-state index contributed by atoms with van der Waals surface area (Å²) in [6.45, 7) is 7.12. The molecule has 1 aromatic heterocycles. The third-order valence-electron chi connectivity index (χ3n) is 4.94. The smallest absolute Gasteiger partial charge is 0.0506 e. The highest BCUT2D eigenvalue weighted by Crippen LogP contribution is 2.36. The summed E-state index contributed by atoms with van der Waals surface area (Å²) in [4.78, 5) is 6.94. The monoisotopic (exact) mass is 283 g/mol. The Hall–Kier alpha value is -1.45. The number of likely N-dealkylation sites (tertiary alicyclic amines) is 1. The second kappa shape index (κ2) is 5.74. The number of pyridine rings is 1. The minimum atomic E-state index is 0.0926. The Bertz CT molecular complexity index is 609. The number of nitrogens with zero attached hydrogens (tertiary/aromatic N) is 2. The molecule has 1 unspecified atom stereocenters. The summed E-state index contributed by atoms with van der Waals surface area (Å²) in [7, 11) is 2.07. The van der Waals surface area contributed by atoms with Gasteiger partial charge >= 0.3 is 0 Å². The number of benzene rings is 1. The first-order chi connectivity index (χ1) is 10.1. The zero-order chi connectivity index (χ0) is 14.9. The van der Waals surface area contributed by atoms with Crippen molar-refractivity contribution in [2.45, 2.75) is 38.3 Å². The fraction of sp³-hybridized carbons (Fsp3) is 0.500. The number of hydrogen-bond donors (Lipinski definition) is 1. The summed E-state index contributed by atoms with van der Waals surface area (Å²) in [6, 6.07) is 8.94. The molecule has 1 saturated heterocycles. The normalized spacial score (nSPS) is 18.2. The standard InChI is InChI=1S/C18H25N3/c1-18(2,21-11-4-5-12-21)17(19-3)15-8-6-7-14-9-10-20-13-16(14)15/h6-10,13,17,19H,4-5,11-12H2,1-3H3. The van der Waals surface area contributed by atoms with Gasteiger partial charge in [-0.25, -0.2) is 0 Å². The van der Waals surface area contributed by atoms with Gasteiger partial charge in [-0.2, -0.15) is 0 Å². The highest BCUT2D eigenvalue weighted by atomic mass is 15.2. The van der Waals surface area contributed by atoms with Crippen LogP contribution in [0.25, 0.3) is 10.8 Å². The Balaban J connectivity index is 2.05. The molecule has 0 aliphatic carbocycles. The molecule has 21 heavy (non-hydrogen) atoms. The van der Waals surface area contributed by atoms with E-state index in [-0.39, 0.29) is 5.54 Å². The number of hydrogen-bond acceptors (Lipinski definition) is 3. The van der Waals surface area contributed by atoms with Gasteiger partial charge in [0.15, 0.2) is 0 Å². The number of nitrogens with one attached hydrogen (secondary N) is 1. The van der Waals surface area contributed by atoms with E-state index in [9.17, 15) is 0 Å². The fourth-order valence-corrected chi connectivity index (χ4v) is 3.75. The van der Waals surface area contributed by atoms with Gasteiger partial charge in [0.1, 0.15) is 0 Å². The molecular formula is C18H25N3. The topological polar surface area (TPSA) is 28.2 Å². The molecule has 0 amide bonds. The number of rotatable bonds is 4. The molecule has 3 nitrogen and oxygen atoms in total. The fourth-order valence-electron chi connectivity index (χ4n) is 3.75. The van der Waals surface area contributed by atoms with Crippen LogP contribution in [0, 0.1) is 0 Å². The third kappa shape index (κ3) is 2.56. The molecule has 0 bridgehead atoms. The van der Waals surface area contributed by atoms with Crippen LogP contribution in [-0.4, -0.2) is 35.6 Å². The highest BCUT2D eigenvalue weighted by Gasteiger charge is 2.37. The van der Waals surface area contributed by atoms with E-state index in [0.29, 0.717) is 6.04 Å². The molecule has 0 saturated carbocycles. The average Bonchev–Trinajstić information content (AvgIpc) is 3.03. The van der Waals surface area contributed by atoms with Crippen LogP contribution < -0.4 is 5.32 Å². The SMILES string of the molecule is CNC(c1cccc2ccncc12)C(C)(C)N1CCCC1. The van der Waals surface area contributed by atoms with Crippen molar-refractivity contribution in [1.82, 2.24) is 15.2 Å². The Labute approximate surface area is 127 Å². The predicted octanol–water partition coefficient (Wildman–Crippen LogP) is 3.37. The molecule has 3 heteroatoms. The minimum absolute atomic E-state index is 0.0926. The molecule has 0 radical (unpaired) electrons. The van der Waals surface area contributed by atoms with E-state index in [1.165, 1.54) is 42.3 Å². The first-order valence-corrected chi connectivity index (χ1v) is 7.89. The van der Waals surface area contributed by atoms with Crippen molar-refractivity contribution in [3.63, 3.8) is 0 Å². The minimum Gasteiger partial charge on any atom is -0.311 e. The van der Waals surface area contributed by atoms with Crippen LogP contribution in [0.3, 0.4) is 0 Å². The number of aromatic nitrogens is 1. The van der Waals surface area contributed by atoms with Crippen LogP contribution in [0.15, 0.2) is 36.7 Å². The third-order valence-corrected chi connectivity index (χ3v) is 4.94. The van der Waals surface area contributed by atoms with Crippen LogP contribution >= 0.6 is 0 Å².